The van der Waals surface area contributed by atoms with Gasteiger partial charge < -0.3 is 10.1 Å². The number of aryl methyl sites for hydroxylation is 1. The van der Waals surface area contributed by atoms with Gasteiger partial charge in [0, 0.05) is 18.5 Å². The van der Waals surface area contributed by atoms with E-state index >= 15 is 0 Å². The predicted molar refractivity (Wildman–Crippen MR) is 75.9 cm³/mol. The lowest BCUT2D eigenvalue weighted by Crippen LogP contribution is -2.26. The first-order valence-corrected chi connectivity index (χ1v) is 6.77. The molecule has 0 radical (unpaired) electrons. The molecule has 1 amide bonds. The number of benzene rings is 1. The maximum atomic E-state index is 11.9. The first-order valence-electron chi connectivity index (χ1n) is 6.77. The molecular formula is C15H17N3O2. The lowest BCUT2D eigenvalue weighted by Gasteiger charge is -2.10. The Labute approximate surface area is 117 Å². The van der Waals surface area contributed by atoms with Crippen LogP contribution in [-0.2, 0) is 9.53 Å². The van der Waals surface area contributed by atoms with Gasteiger partial charge in [0.1, 0.15) is 6.10 Å². The Balaban J connectivity index is 1.68. The van der Waals surface area contributed by atoms with Gasteiger partial charge in [-0.25, -0.2) is 4.68 Å². The second kappa shape index (κ2) is 5.46. The number of carbonyl (C=O) groups excluding carboxylic acids is 1. The van der Waals surface area contributed by atoms with Crippen molar-refractivity contribution < 1.29 is 9.53 Å². The van der Waals surface area contributed by atoms with Crippen molar-refractivity contribution in [3.63, 3.8) is 0 Å². The van der Waals surface area contributed by atoms with Crippen molar-refractivity contribution in [2.24, 2.45) is 0 Å². The third-order valence-electron chi connectivity index (χ3n) is 3.34. The minimum absolute atomic E-state index is 0.0646. The van der Waals surface area contributed by atoms with Crippen LogP contribution < -0.4 is 5.32 Å². The number of rotatable bonds is 3. The smallest absolute Gasteiger partial charge is 0.253 e. The van der Waals surface area contributed by atoms with Crippen molar-refractivity contribution in [1.29, 1.82) is 0 Å². The van der Waals surface area contributed by atoms with Crippen LogP contribution in [0.25, 0.3) is 5.69 Å². The number of nitrogens with zero attached hydrogens (tertiary/aromatic N) is 2. The first kappa shape index (κ1) is 12.9. The van der Waals surface area contributed by atoms with Gasteiger partial charge in [0.15, 0.2) is 0 Å². The molecule has 1 aromatic carbocycles. The van der Waals surface area contributed by atoms with Crippen LogP contribution in [0.3, 0.4) is 0 Å². The monoisotopic (exact) mass is 271 g/mol. The largest absolute Gasteiger partial charge is 0.368 e. The van der Waals surface area contributed by atoms with Gasteiger partial charge in [0.2, 0.25) is 0 Å². The second-order valence-corrected chi connectivity index (χ2v) is 4.94. The third kappa shape index (κ3) is 2.72. The van der Waals surface area contributed by atoms with Crippen LogP contribution in [0.2, 0.25) is 0 Å². The number of ether oxygens (including phenoxy) is 1. The predicted octanol–water partition coefficient (Wildman–Crippen LogP) is 2.30. The van der Waals surface area contributed by atoms with Gasteiger partial charge in [0.05, 0.1) is 11.4 Å². The molecule has 2 heterocycles. The molecule has 1 fully saturated rings. The Bertz CT molecular complexity index is 598. The number of hydrogen-bond donors (Lipinski definition) is 1. The third-order valence-corrected chi connectivity index (χ3v) is 3.34. The van der Waals surface area contributed by atoms with Crippen LogP contribution >= 0.6 is 0 Å². The molecule has 1 atom stereocenters. The Hall–Kier alpha value is -2.14. The van der Waals surface area contributed by atoms with Gasteiger partial charge in [-0.3, -0.25) is 4.79 Å². The summed E-state index contributed by atoms with van der Waals surface area (Å²) in [6.45, 7) is 2.63. The quantitative estimate of drug-likeness (QED) is 0.932. The highest BCUT2D eigenvalue weighted by molar-refractivity contribution is 5.94. The Morgan fingerprint density at radius 2 is 2.15 bits per heavy atom. The second-order valence-electron chi connectivity index (χ2n) is 4.94. The van der Waals surface area contributed by atoms with Gasteiger partial charge in [-0.1, -0.05) is 0 Å². The highest BCUT2D eigenvalue weighted by Crippen LogP contribution is 2.17. The average molecular weight is 271 g/mol. The van der Waals surface area contributed by atoms with Crippen LogP contribution in [0, 0.1) is 6.92 Å². The number of anilines is 1. The highest BCUT2D eigenvalue weighted by Gasteiger charge is 2.23. The van der Waals surface area contributed by atoms with Crippen molar-refractivity contribution >= 4 is 11.6 Å². The van der Waals surface area contributed by atoms with Gasteiger partial charge in [-0.05, 0) is 50.1 Å². The maximum absolute atomic E-state index is 11.9. The zero-order valence-electron chi connectivity index (χ0n) is 11.4. The van der Waals surface area contributed by atoms with E-state index in [1.165, 1.54) is 0 Å². The molecule has 1 aliphatic heterocycles. The molecule has 1 aromatic heterocycles. The Kier molecular flexibility index (Phi) is 3.52. The topological polar surface area (TPSA) is 56.2 Å². The van der Waals surface area contributed by atoms with Crippen LogP contribution in [-0.4, -0.2) is 28.4 Å². The number of aromatic nitrogens is 2. The van der Waals surface area contributed by atoms with Crippen LogP contribution in [0.15, 0.2) is 36.5 Å². The molecule has 104 valence electrons. The van der Waals surface area contributed by atoms with Gasteiger partial charge >= 0.3 is 0 Å². The minimum Gasteiger partial charge on any atom is -0.368 e. The van der Waals surface area contributed by atoms with Gasteiger partial charge in [-0.2, -0.15) is 5.10 Å². The van der Waals surface area contributed by atoms with Crippen molar-refractivity contribution in [3.05, 3.63) is 42.2 Å². The number of amides is 1. The minimum atomic E-state index is -0.302. The lowest BCUT2D eigenvalue weighted by atomic mass is 10.2. The molecule has 2 aromatic rings. The molecule has 5 nitrogen and oxygen atoms in total. The van der Waals surface area contributed by atoms with Crippen molar-refractivity contribution in [1.82, 2.24) is 9.78 Å². The van der Waals surface area contributed by atoms with E-state index in [-0.39, 0.29) is 12.0 Å². The maximum Gasteiger partial charge on any atom is 0.253 e. The van der Waals surface area contributed by atoms with E-state index in [1.54, 1.807) is 4.68 Å². The fraction of sp³-hybridized carbons (Fsp3) is 0.333. The molecule has 1 N–H and O–H groups in total. The van der Waals surface area contributed by atoms with E-state index in [0.29, 0.717) is 6.61 Å². The van der Waals surface area contributed by atoms with E-state index in [1.807, 2.05) is 43.5 Å². The highest BCUT2D eigenvalue weighted by atomic mass is 16.5. The molecule has 0 bridgehead atoms. The summed E-state index contributed by atoms with van der Waals surface area (Å²) in [5.74, 6) is -0.0646. The molecule has 3 rings (SSSR count). The fourth-order valence-electron chi connectivity index (χ4n) is 2.26. The summed E-state index contributed by atoms with van der Waals surface area (Å²) in [6.07, 6.45) is 3.37. The van der Waals surface area contributed by atoms with E-state index in [9.17, 15) is 4.79 Å². The summed E-state index contributed by atoms with van der Waals surface area (Å²) in [7, 11) is 0. The SMILES string of the molecule is Cc1ccn(-c2ccc(NC(=O)C3CCCO3)cc2)n1. The lowest BCUT2D eigenvalue weighted by molar-refractivity contribution is -0.124. The summed E-state index contributed by atoms with van der Waals surface area (Å²) in [4.78, 5) is 11.9. The number of carbonyl (C=O) groups is 1. The summed E-state index contributed by atoms with van der Waals surface area (Å²) >= 11 is 0. The molecule has 5 heteroatoms. The van der Waals surface area contributed by atoms with E-state index in [4.69, 9.17) is 4.74 Å². The van der Waals surface area contributed by atoms with E-state index in [2.05, 4.69) is 10.4 Å². The van der Waals surface area contributed by atoms with E-state index in [0.717, 1.165) is 29.9 Å². The zero-order valence-corrected chi connectivity index (χ0v) is 11.4. The summed E-state index contributed by atoms with van der Waals surface area (Å²) < 4.78 is 7.16. The number of hydrogen-bond acceptors (Lipinski definition) is 3. The van der Waals surface area contributed by atoms with Crippen LogP contribution in [0.5, 0.6) is 0 Å². The van der Waals surface area contributed by atoms with Crippen LogP contribution in [0.4, 0.5) is 5.69 Å². The van der Waals surface area contributed by atoms with Crippen molar-refractivity contribution in [2.75, 3.05) is 11.9 Å². The van der Waals surface area contributed by atoms with E-state index < -0.39 is 0 Å². The molecule has 1 unspecified atom stereocenters. The average Bonchev–Trinajstić information content (AvgIpc) is 3.10. The molecule has 0 saturated carbocycles. The standard InChI is InChI=1S/C15H17N3O2/c1-11-8-9-18(17-11)13-6-4-12(5-7-13)16-15(19)14-3-2-10-20-14/h4-9,14H,2-3,10H2,1H3,(H,16,19). The fourth-order valence-corrected chi connectivity index (χ4v) is 2.26. The summed E-state index contributed by atoms with van der Waals surface area (Å²) in [5.41, 5.74) is 2.71. The summed E-state index contributed by atoms with van der Waals surface area (Å²) in [5, 5.41) is 7.22. The molecule has 1 aliphatic rings. The Morgan fingerprint density at radius 1 is 1.35 bits per heavy atom. The van der Waals surface area contributed by atoms with Crippen molar-refractivity contribution in [2.45, 2.75) is 25.9 Å². The van der Waals surface area contributed by atoms with Gasteiger partial charge in [-0.15, -0.1) is 0 Å². The molecule has 0 spiro atoms. The molecule has 0 aliphatic carbocycles. The van der Waals surface area contributed by atoms with Crippen molar-refractivity contribution in [3.8, 4) is 5.69 Å². The normalized spacial score (nSPS) is 18.1. The van der Waals surface area contributed by atoms with Crippen LogP contribution in [0.1, 0.15) is 18.5 Å². The first-order chi connectivity index (χ1) is 9.72. The summed E-state index contributed by atoms with van der Waals surface area (Å²) in [6, 6.07) is 9.56. The molecular weight excluding hydrogens is 254 g/mol. The van der Waals surface area contributed by atoms with Gasteiger partial charge in [0.25, 0.3) is 5.91 Å². The molecule has 20 heavy (non-hydrogen) atoms. The molecule has 1 saturated heterocycles. The Morgan fingerprint density at radius 3 is 2.75 bits per heavy atom. The zero-order chi connectivity index (χ0) is 13.9. The number of nitrogens with one attached hydrogen (secondary N) is 1.